The van der Waals surface area contributed by atoms with E-state index in [4.69, 9.17) is 5.73 Å². The molecular weight excluding hydrogens is 324 g/mol. The molecule has 0 radical (unpaired) electrons. The number of nitro groups is 1. The maximum atomic E-state index is 10.7. The highest BCUT2D eigenvalue weighted by Crippen LogP contribution is 2.31. The van der Waals surface area contributed by atoms with Crippen LogP contribution in [-0.4, -0.2) is 27.7 Å². The van der Waals surface area contributed by atoms with Crippen LogP contribution in [0.25, 0.3) is 0 Å². The summed E-state index contributed by atoms with van der Waals surface area (Å²) < 4.78 is 0.208. The van der Waals surface area contributed by atoms with Crippen LogP contribution in [0.4, 0.5) is 5.69 Å². The molecule has 0 spiro atoms. The number of phenols is 1. The molecule has 0 heterocycles. The average Bonchev–Trinajstić information content (AvgIpc) is 2.33. The van der Waals surface area contributed by atoms with E-state index in [1.807, 2.05) is 0 Å². The lowest BCUT2D eigenvalue weighted by Gasteiger charge is -2.01. The highest BCUT2D eigenvalue weighted by atomic mass is 79.9. The summed E-state index contributed by atoms with van der Waals surface area (Å²) in [6.07, 6.45) is 2.92. The van der Waals surface area contributed by atoms with Crippen molar-refractivity contribution in [1.82, 2.24) is 0 Å². The van der Waals surface area contributed by atoms with Crippen molar-refractivity contribution in [3.8, 4) is 5.75 Å². The molecule has 0 aromatic heterocycles. The van der Waals surface area contributed by atoms with E-state index in [0.29, 0.717) is 0 Å². The zero-order valence-corrected chi connectivity index (χ0v) is 11.6. The second-order valence-corrected chi connectivity index (χ2v) is 4.69. The Morgan fingerprint density at radius 2 is 2.33 bits per heavy atom. The van der Waals surface area contributed by atoms with E-state index in [1.165, 1.54) is 30.1 Å². The Balaban J connectivity index is 3.12. The number of phenolic OH excluding ortho intramolecular Hbond substituents is 1. The minimum atomic E-state index is -0.568. The molecule has 0 aliphatic carbocycles. The van der Waals surface area contributed by atoms with Crippen molar-refractivity contribution in [3.05, 3.63) is 32.3 Å². The molecule has 0 saturated carbocycles. The lowest BCUT2D eigenvalue weighted by molar-refractivity contribution is -0.385. The van der Waals surface area contributed by atoms with Crippen LogP contribution in [0.5, 0.6) is 5.75 Å². The molecule has 9 heteroatoms. The molecular formula is C9H9BrN4O3S. The molecule has 7 nitrogen and oxygen atoms in total. The predicted molar refractivity (Wildman–Crippen MR) is 75.2 cm³/mol. The predicted octanol–water partition coefficient (Wildman–Crippen LogP) is 2.07. The van der Waals surface area contributed by atoms with Gasteiger partial charge in [0.15, 0.2) is 5.17 Å². The summed E-state index contributed by atoms with van der Waals surface area (Å²) in [5.74, 6) is -0.151. The maximum Gasteiger partial charge on any atom is 0.271 e. The van der Waals surface area contributed by atoms with Crippen molar-refractivity contribution in [3.63, 3.8) is 0 Å². The van der Waals surface area contributed by atoms with Gasteiger partial charge in [-0.15, -0.1) is 5.10 Å². The van der Waals surface area contributed by atoms with Crippen molar-refractivity contribution in [2.24, 2.45) is 15.9 Å². The zero-order chi connectivity index (χ0) is 13.7. The van der Waals surface area contributed by atoms with Gasteiger partial charge in [0.2, 0.25) is 0 Å². The van der Waals surface area contributed by atoms with E-state index in [0.717, 1.165) is 0 Å². The van der Waals surface area contributed by atoms with Gasteiger partial charge in [0, 0.05) is 17.7 Å². The third kappa shape index (κ3) is 3.70. The van der Waals surface area contributed by atoms with Gasteiger partial charge in [-0.05, 0) is 22.2 Å². The Morgan fingerprint density at radius 3 is 2.89 bits per heavy atom. The summed E-state index contributed by atoms with van der Waals surface area (Å²) in [5.41, 5.74) is 5.41. The summed E-state index contributed by atoms with van der Waals surface area (Å²) in [6.45, 7) is 0. The normalized spacial score (nSPS) is 12.0. The Hall–Kier alpha value is -1.61. The standard InChI is InChI=1S/C9H9BrN4O3S/c1-18-9(11)13-12-4-5-2-6(14(16)17)3-7(10)8(5)15/h2-4,15H,1H3,(H2,11,13)/b12-4+. The third-order valence-corrected chi connectivity index (χ3v) is 2.96. The van der Waals surface area contributed by atoms with E-state index in [1.54, 1.807) is 6.26 Å². The van der Waals surface area contributed by atoms with Crippen molar-refractivity contribution in [1.29, 1.82) is 0 Å². The number of amidine groups is 1. The van der Waals surface area contributed by atoms with Crippen LogP contribution in [0.3, 0.4) is 0 Å². The Morgan fingerprint density at radius 1 is 1.67 bits per heavy atom. The fourth-order valence-electron chi connectivity index (χ4n) is 0.998. The molecule has 0 amide bonds. The first-order valence-electron chi connectivity index (χ1n) is 4.53. The van der Waals surface area contributed by atoms with Gasteiger partial charge in [0.1, 0.15) is 5.75 Å². The van der Waals surface area contributed by atoms with Crippen LogP contribution in [-0.2, 0) is 0 Å². The van der Waals surface area contributed by atoms with E-state index in [9.17, 15) is 15.2 Å². The van der Waals surface area contributed by atoms with Gasteiger partial charge in [-0.25, -0.2) is 0 Å². The average molecular weight is 333 g/mol. The summed E-state index contributed by atoms with van der Waals surface area (Å²) in [5, 5.41) is 27.8. The van der Waals surface area contributed by atoms with Crippen molar-refractivity contribution >= 4 is 44.8 Å². The highest BCUT2D eigenvalue weighted by molar-refractivity contribution is 9.10. The molecule has 1 aromatic carbocycles. The van der Waals surface area contributed by atoms with Crippen molar-refractivity contribution < 1.29 is 10.0 Å². The molecule has 3 N–H and O–H groups in total. The van der Waals surface area contributed by atoms with E-state index in [-0.39, 0.29) is 26.6 Å². The number of benzene rings is 1. The second-order valence-electron chi connectivity index (χ2n) is 3.01. The lowest BCUT2D eigenvalue weighted by Crippen LogP contribution is -2.04. The number of rotatable bonds is 3. The number of thioether (sulfide) groups is 1. The van der Waals surface area contributed by atoms with Crippen LogP contribution in [0.2, 0.25) is 0 Å². The molecule has 0 bridgehead atoms. The number of nitrogens with two attached hydrogens (primary N) is 1. The number of hydrogen-bond donors (Lipinski definition) is 2. The molecule has 0 fully saturated rings. The first-order chi connectivity index (χ1) is 8.45. The van der Waals surface area contributed by atoms with Gasteiger partial charge >= 0.3 is 0 Å². The number of non-ortho nitro benzene ring substituents is 1. The Labute approximate surface area is 115 Å². The van der Waals surface area contributed by atoms with Crippen LogP contribution in [0.15, 0.2) is 26.8 Å². The summed E-state index contributed by atoms with van der Waals surface area (Å²) in [4.78, 5) is 10.1. The molecule has 96 valence electrons. The van der Waals surface area contributed by atoms with Gasteiger partial charge in [0.05, 0.1) is 15.6 Å². The van der Waals surface area contributed by atoms with Crippen LogP contribution < -0.4 is 5.73 Å². The second kappa shape index (κ2) is 6.36. The van der Waals surface area contributed by atoms with Crippen LogP contribution >= 0.6 is 27.7 Å². The third-order valence-electron chi connectivity index (χ3n) is 1.85. The largest absolute Gasteiger partial charge is 0.506 e. The van der Waals surface area contributed by atoms with Crippen LogP contribution in [0.1, 0.15) is 5.56 Å². The molecule has 0 saturated heterocycles. The highest BCUT2D eigenvalue weighted by Gasteiger charge is 2.13. The summed E-state index contributed by atoms with van der Waals surface area (Å²) in [6, 6.07) is 2.39. The number of aromatic hydroxyl groups is 1. The fraction of sp³-hybridized carbons (Fsp3) is 0.111. The number of nitro benzene ring substituents is 1. The minimum Gasteiger partial charge on any atom is -0.506 e. The molecule has 0 unspecified atom stereocenters. The van der Waals surface area contributed by atoms with Gasteiger partial charge in [-0.2, -0.15) is 5.10 Å². The van der Waals surface area contributed by atoms with E-state index in [2.05, 4.69) is 26.1 Å². The van der Waals surface area contributed by atoms with Gasteiger partial charge in [-0.1, -0.05) is 11.8 Å². The Kier molecular flexibility index (Phi) is 5.10. The quantitative estimate of drug-likeness (QED) is 0.380. The van der Waals surface area contributed by atoms with Gasteiger partial charge < -0.3 is 10.8 Å². The molecule has 0 atom stereocenters. The summed E-state index contributed by atoms with van der Waals surface area (Å²) >= 11 is 4.23. The molecule has 1 aromatic rings. The van der Waals surface area contributed by atoms with E-state index < -0.39 is 4.92 Å². The minimum absolute atomic E-state index is 0.151. The fourth-order valence-corrected chi connectivity index (χ4v) is 1.59. The van der Waals surface area contributed by atoms with Gasteiger partial charge in [0.25, 0.3) is 5.69 Å². The van der Waals surface area contributed by atoms with Gasteiger partial charge in [-0.3, -0.25) is 10.1 Å². The first-order valence-corrected chi connectivity index (χ1v) is 6.55. The maximum absolute atomic E-state index is 10.7. The molecule has 0 aliphatic heterocycles. The number of halogens is 1. The first kappa shape index (κ1) is 14.5. The Bertz CT molecular complexity index is 533. The van der Waals surface area contributed by atoms with Crippen molar-refractivity contribution in [2.45, 2.75) is 0 Å². The molecule has 0 aliphatic rings. The summed E-state index contributed by atoms with van der Waals surface area (Å²) in [7, 11) is 0. The van der Waals surface area contributed by atoms with E-state index >= 15 is 0 Å². The lowest BCUT2D eigenvalue weighted by atomic mass is 10.2. The number of nitrogens with zero attached hydrogens (tertiary/aromatic N) is 3. The topological polar surface area (TPSA) is 114 Å². The molecule has 1 rings (SSSR count). The number of hydrogen-bond acceptors (Lipinski definition) is 6. The SMILES string of the molecule is CS/C(N)=N/N=C/c1cc([N+](=O)[O-])cc(Br)c1O. The van der Waals surface area contributed by atoms with Crippen LogP contribution in [0, 0.1) is 10.1 Å². The molecule has 18 heavy (non-hydrogen) atoms. The monoisotopic (exact) mass is 332 g/mol. The van der Waals surface area contributed by atoms with Crippen molar-refractivity contribution in [2.75, 3.05) is 6.26 Å². The smallest absolute Gasteiger partial charge is 0.271 e. The zero-order valence-electron chi connectivity index (χ0n) is 9.20.